The molecule has 0 aromatic rings. The molecule has 0 radical (unpaired) electrons. The second-order valence-corrected chi connectivity index (χ2v) is 7.44. The molecule has 114 valence electrons. The number of aliphatic hydroxyl groups excluding tert-OH is 1. The molecule has 0 amide bonds. The van der Waals surface area contributed by atoms with E-state index in [0.29, 0.717) is 11.8 Å². The monoisotopic (exact) mass is 284 g/mol. The first-order valence-electron chi connectivity index (χ1n) is 7.77. The number of rotatable bonds is 1. The predicted molar refractivity (Wildman–Crippen MR) is 69.4 cm³/mol. The van der Waals surface area contributed by atoms with Gasteiger partial charge in [0.2, 0.25) is 5.79 Å². The Labute approximate surface area is 119 Å². The van der Waals surface area contributed by atoms with Gasteiger partial charge >= 0.3 is 0 Å². The van der Waals surface area contributed by atoms with Gasteiger partial charge in [0, 0.05) is 12.3 Å². The van der Waals surface area contributed by atoms with Crippen molar-refractivity contribution in [2.45, 2.75) is 69.7 Å². The van der Waals surface area contributed by atoms with E-state index in [0.717, 1.165) is 25.7 Å². The molecule has 5 rings (SSSR count). The molecule has 2 bridgehead atoms. The molecular weight excluding hydrogens is 260 g/mol. The fraction of sp³-hybridized carbons (Fsp3) is 1.00. The highest BCUT2D eigenvalue weighted by molar-refractivity contribution is 5.14. The summed E-state index contributed by atoms with van der Waals surface area (Å²) in [5, 5.41) is 9.83. The highest BCUT2D eigenvalue weighted by Gasteiger charge is 2.73. The van der Waals surface area contributed by atoms with Gasteiger partial charge in [0.05, 0.1) is 12.2 Å². The van der Waals surface area contributed by atoms with Crippen molar-refractivity contribution in [2.75, 3.05) is 6.61 Å². The van der Waals surface area contributed by atoms with Gasteiger partial charge in [0.25, 0.3) is 0 Å². The first kappa shape index (κ1) is 13.5. The minimum atomic E-state index is -0.724. The van der Waals surface area contributed by atoms with Gasteiger partial charge in [-0.25, -0.2) is 9.78 Å². The zero-order valence-corrected chi connectivity index (χ0v) is 12.4. The second kappa shape index (κ2) is 3.96. The number of aliphatic hydroxyl groups is 1. The molecule has 7 atom stereocenters. The van der Waals surface area contributed by atoms with Crippen LogP contribution < -0.4 is 0 Å². The van der Waals surface area contributed by atoms with Crippen molar-refractivity contribution in [3.63, 3.8) is 0 Å². The molecule has 5 nitrogen and oxygen atoms in total. The van der Waals surface area contributed by atoms with Gasteiger partial charge < -0.3 is 14.6 Å². The summed E-state index contributed by atoms with van der Waals surface area (Å²) in [6.45, 7) is 6.15. The van der Waals surface area contributed by atoms with Crippen molar-refractivity contribution in [1.82, 2.24) is 0 Å². The third-order valence-corrected chi connectivity index (χ3v) is 6.15. The van der Waals surface area contributed by atoms with E-state index in [2.05, 4.69) is 6.92 Å². The SMILES string of the molecule is C[C@@H]1CC[C@H]2C(C)(CO)O[C@@H]3O[C@@]4(C)CC[C@@H]1[C@]32OO4. The standard InChI is InChI=1S/C15H24O5/c1-9-4-5-11-13(2,8-16)17-12-15(11)10(9)6-7-14(3,18-12)19-20-15/h9-12,16H,4-8H2,1-3H3/t9-,10+,11+,12-,13?,14-,15-/m1/s1. The third-order valence-electron chi connectivity index (χ3n) is 6.15. The summed E-state index contributed by atoms with van der Waals surface area (Å²) in [6, 6.07) is 0. The molecule has 4 aliphatic heterocycles. The molecule has 1 aliphatic carbocycles. The number of ether oxygens (including phenoxy) is 2. The van der Waals surface area contributed by atoms with Crippen LogP contribution in [0.1, 0.15) is 46.5 Å². The van der Waals surface area contributed by atoms with Crippen LogP contribution in [-0.2, 0) is 19.2 Å². The number of hydrogen-bond acceptors (Lipinski definition) is 5. The molecule has 1 unspecified atom stereocenters. The van der Waals surface area contributed by atoms with Crippen molar-refractivity contribution in [3.8, 4) is 0 Å². The largest absolute Gasteiger partial charge is 0.393 e. The summed E-state index contributed by atoms with van der Waals surface area (Å²) in [6.07, 6.45) is 3.54. The molecule has 5 fully saturated rings. The van der Waals surface area contributed by atoms with Crippen LogP contribution in [0.3, 0.4) is 0 Å². The Kier molecular flexibility index (Phi) is 2.66. The van der Waals surface area contributed by atoms with Gasteiger partial charge in [-0.05, 0) is 44.9 Å². The Morgan fingerprint density at radius 1 is 1.10 bits per heavy atom. The van der Waals surface area contributed by atoms with E-state index in [1.807, 2.05) is 13.8 Å². The van der Waals surface area contributed by atoms with Gasteiger partial charge in [-0.3, -0.25) is 0 Å². The van der Waals surface area contributed by atoms with Crippen molar-refractivity contribution < 1.29 is 24.4 Å². The molecule has 1 spiro atoms. The third kappa shape index (κ3) is 1.45. The molecule has 0 aromatic heterocycles. The first-order chi connectivity index (χ1) is 9.44. The average Bonchev–Trinajstić information content (AvgIpc) is 2.51. The van der Waals surface area contributed by atoms with Crippen LogP contribution in [0.15, 0.2) is 0 Å². The Bertz CT molecular complexity index is 428. The summed E-state index contributed by atoms with van der Waals surface area (Å²) in [5.41, 5.74) is -1.15. The minimum Gasteiger partial charge on any atom is -0.393 e. The van der Waals surface area contributed by atoms with Crippen LogP contribution in [0.5, 0.6) is 0 Å². The minimum absolute atomic E-state index is 0.0134. The lowest BCUT2D eigenvalue weighted by Gasteiger charge is -2.50. The highest BCUT2D eigenvalue weighted by atomic mass is 17.3. The van der Waals surface area contributed by atoms with Crippen molar-refractivity contribution in [1.29, 1.82) is 0 Å². The van der Waals surface area contributed by atoms with Crippen LogP contribution in [0.25, 0.3) is 0 Å². The Balaban J connectivity index is 1.84. The van der Waals surface area contributed by atoms with Crippen molar-refractivity contribution in [2.24, 2.45) is 17.8 Å². The molecule has 1 saturated carbocycles. The maximum Gasteiger partial charge on any atom is 0.201 e. The molecule has 4 heterocycles. The lowest BCUT2D eigenvalue weighted by molar-refractivity contribution is -0.541. The Morgan fingerprint density at radius 2 is 1.90 bits per heavy atom. The van der Waals surface area contributed by atoms with E-state index >= 15 is 0 Å². The molecule has 0 aromatic carbocycles. The highest BCUT2D eigenvalue weighted by Crippen LogP contribution is 2.63. The average molecular weight is 284 g/mol. The van der Waals surface area contributed by atoms with Crippen LogP contribution in [-0.4, -0.2) is 35.0 Å². The first-order valence-corrected chi connectivity index (χ1v) is 7.77. The molecular formula is C15H24O5. The molecule has 1 N–H and O–H groups in total. The Hall–Kier alpha value is -0.200. The van der Waals surface area contributed by atoms with Gasteiger partial charge in [-0.1, -0.05) is 6.92 Å². The van der Waals surface area contributed by atoms with Crippen LogP contribution in [0.4, 0.5) is 0 Å². The fourth-order valence-electron chi connectivity index (χ4n) is 4.96. The number of fused-ring (bicyclic) bond motifs is 2. The van der Waals surface area contributed by atoms with Crippen LogP contribution in [0, 0.1) is 17.8 Å². The maximum atomic E-state index is 9.83. The van der Waals surface area contributed by atoms with E-state index in [1.54, 1.807) is 0 Å². The molecule has 4 saturated heterocycles. The van der Waals surface area contributed by atoms with Crippen molar-refractivity contribution >= 4 is 0 Å². The topological polar surface area (TPSA) is 57.2 Å². The lowest BCUT2D eigenvalue weighted by Crippen LogP contribution is -2.62. The molecule has 20 heavy (non-hydrogen) atoms. The zero-order chi connectivity index (χ0) is 14.2. The van der Waals surface area contributed by atoms with Gasteiger partial charge in [0.1, 0.15) is 0 Å². The van der Waals surface area contributed by atoms with Crippen LogP contribution >= 0.6 is 0 Å². The van der Waals surface area contributed by atoms with Crippen LogP contribution in [0.2, 0.25) is 0 Å². The normalized spacial score (nSPS) is 61.2. The quantitative estimate of drug-likeness (QED) is 0.746. The predicted octanol–water partition coefficient (Wildman–Crippen LogP) is 1.98. The van der Waals surface area contributed by atoms with Gasteiger partial charge in [0.15, 0.2) is 11.9 Å². The van der Waals surface area contributed by atoms with E-state index in [-0.39, 0.29) is 12.5 Å². The summed E-state index contributed by atoms with van der Waals surface area (Å²) in [7, 11) is 0. The summed E-state index contributed by atoms with van der Waals surface area (Å²) < 4.78 is 12.3. The van der Waals surface area contributed by atoms with E-state index in [9.17, 15) is 5.11 Å². The smallest absolute Gasteiger partial charge is 0.201 e. The lowest BCUT2D eigenvalue weighted by atomic mass is 9.60. The van der Waals surface area contributed by atoms with E-state index in [4.69, 9.17) is 19.2 Å². The Morgan fingerprint density at radius 3 is 2.65 bits per heavy atom. The molecule has 5 heteroatoms. The van der Waals surface area contributed by atoms with E-state index < -0.39 is 23.3 Å². The second-order valence-electron chi connectivity index (χ2n) is 7.44. The fourth-order valence-corrected chi connectivity index (χ4v) is 4.96. The van der Waals surface area contributed by atoms with Gasteiger partial charge in [-0.2, -0.15) is 0 Å². The van der Waals surface area contributed by atoms with Gasteiger partial charge in [-0.15, -0.1) is 0 Å². The van der Waals surface area contributed by atoms with E-state index in [1.165, 1.54) is 0 Å². The maximum absolute atomic E-state index is 9.83. The summed E-state index contributed by atoms with van der Waals surface area (Å²) >= 11 is 0. The number of hydrogen-bond donors (Lipinski definition) is 1. The summed E-state index contributed by atoms with van der Waals surface area (Å²) in [5.74, 6) is 0.321. The van der Waals surface area contributed by atoms with Crippen molar-refractivity contribution in [3.05, 3.63) is 0 Å². The zero-order valence-electron chi connectivity index (χ0n) is 12.4. The summed E-state index contributed by atoms with van der Waals surface area (Å²) in [4.78, 5) is 11.6. The molecule has 5 aliphatic rings.